The first kappa shape index (κ1) is 8.47. The average Bonchev–Trinajstić information content (AvgIpc) is 2.98. The number of hydrogen-bond donors (Lipinski definition) is 1. The molecule has 1 aromatic heterocycles. The second-order valence-electron chi connectivity index (χ2n) is 3.80. The number of nitrogens with zero attached hydrogens (tertiary/aromatic N) is 1. The Balaban J connectivity index is 1.86. The van der Waals surface area contributed by atoms with Gasteiger partial charge in [-0.1, -0.05) is 0 Å². The normalized spacial score (nSPS) is 15.5. The standard InChI is InChI=1S/C11H10N2O2/c14-11(7-1-2-7)13-8-3-4-9-10(5-8)15-6-12-9/h3-7H,1-2H2,(H,13,14). The SMILES string of the molecule is O=C(Nc1ccc2ncoc2c1)C1CC1. The summed E-state index contributed by atoms with van der Waals surface area (Å²) < 4.78 is 5.15. The Morgan fingerprint density at radius 1 is 1.47 bits per heavy atom. The maximum Gasteiger partial charge on any atom is 0.227 e. The summed E-state index contributed by atoms with van der Waals surface area (Å²) in [4.78, 5) is 15.5. The highest BCUT2D eigenvalue weighted by atomic mass is 16.3. The molecule has 0 aliphatic heterocycles. The van der Waals surface area contributed by atoms with Crippen molar-refractivity contribution in [2.45, 2.75) is 12.8 Å². The predicted molar refractivity (Wildman–Crippen MR) is 55.4 cm³/mol. The van der Waals surface area contributed by atoms with Crippen LogP contribution in [0.25, 0.3) is 11.1 Å². The van der Waals surface area contributed by atoms with Crippen molar-refractivity contribution >= 4 is 22.7 Å². The molecule has 1 N–H and O–H groups in total. The number of anilines is 1. The van der Waals surface area contributed by atoms with E-state index in [-0.39, 0.29) is 11.8 Å². The minimum absolute atomic E-state index is 0.105. The largest absolute Gasteiger partial charge is 0.443 e. The summed E-state index contributed by atoms with van der Waals surface area (Å²) in [5.74, 6) is 0.323. The smallest absolute Gasteiger partial charge is 0.227 e. The van der Waals surface area contributed by atoms with E-state index in [4.69, 9.17) is 4.42 Å². The molecule has 0 unspecified atom stereocenters. The van der Waals surface area contributed by atoms with Crippen LogP contribution < -0.4 is 5.32 Å². The molecule has 4 heteroatoms. The number of oxazole rings is 1. The van der Waals surface area contributed by atoms with Gasteiger partial charge in [-0.05, 0) is 25.0 Å². The molecule has 4 nitrogen and oxygen atoms in total. The number of hydrogen-bond acceptors (Lipinski definition) is 3. The second-order valence-corrected chi connectivity index (χ2v) is 3.80. The number of fused-ring (bicyclic) bond motifs is 1. The topological polar surface area (TPSA) is 55.1 Å². The summed E-state index contributed by atoms with van der Waals surface area (Å²) in [7, 11) is 0. The minimum atomic E-state index is 0.105. The summed E-state index contributed by atoms with van der Waals surface area (Å²) >= 11 is 0. The fraction of sp³-hybridized carbons (Fsp3) is 0.273. The molecule has 0 atom stereocenters. The van der Waals surface area contributed by atoms with Crippen LogP contribution in [0.4, 0.5) is 5.69 Å². The molecule has 0 bridgehead atoms. The van der Waals surface area contributed by atoms with Crippen molar-refractivity contribution in [2.75, 3.05) is 5.32 Å². The number of nitrogens with one attached hydrogen (secondary N) is 1. The van der Waals surface area contributed by atoms with Crippen molar-refractivity contribution in [2.24, 2.45) is 5.92 Å². The van der Waals surface area contributed by atoms with Gasteiger partial charge in [0, 0.05) is 17.7 Å². The van der Waals surface area contributed by atoms with Gasteiger partial charge in [0.05, 0.1) is 0 Å². The van der Waals surface area contributed by atoms with Gasteiger partial charge < -0.3 is 9.73 Å². The van der Waals surface area contributed by atoms with Crippen LogP contribution in [0.5, 0.6) is 0 Å². The van der Waals surface area contributed by atoms with Crippen molar-refractivity contribution in [3.8, 4) is 0 Å². The van der Waals surface area contributed by atoms with Gasteiger partial charge in [-0.25, -0.2) is 4.98 Å². The molecule has 3 rings (SSSR count). The van der Waals surface area contributed by atoms with Crippen molar-refractivity contribution in [1.82, 2.24) is 4.98 Å². The number of benzene rings is 1. The Morgan fingerprint density at radius 2 is 2.33 bits per heavy atom. The van der Waals surface area contributed by atoms with Gasteiger partial charge in [-0.3, -0.25) is 4.79 Å². The van der Waals surface area contributed by atoms with Crippen LogP contribution in [0, 0.1) is 5.92 Å². The van der Waals surface area contributed by atoms with Crippen LogP contribution in [-0.4, -0.2) is 10.9 Å². The van der Waals surface area contributed by atoms with E-state index in [0.29, 0.717) is 5.58 Å². The van der Waals surface area contributed by atoms with E-state index in [9.17, 15) is 4.79 Å². The first-order chi connectivity index (χ1) is 7.33. The number of rotatable bonds is 2. The van der Waals surface area contributed by atoms with Crippen LogP contribution in [0.3, 0.4) is 0 Å². The van der Waals surface area contributed by atoms with E-state index < -0.39 is 0 Å². The van der Waals surface area contributed by atoms with E-state index in [1.54, 1.807) is 6.07 Å². The number of aromatic nitrogens is 1. The first-order valence-electron chi connectivity index (χ1n) is 4.97. The summed E-state index contributed by atoms with van der Waals surface area (Å²) in [6.45, 7) is 0. The third-order valence-electron chi connectivity index (χ3n) is 2.55. The fourth-order valence-electron chi connectivity index (χ4n) is 1.52. The molecule has 1 aliphatic rings. The zero-order valence-corrected chi connectivity index (χ0v) is 8.06. The Hall–Kier alpha value is -1.84. The van der Waals surface area contributed by atoms with E-state index >= 15 is 0 Å². The van der Waals surface area contributed by atoms with E-state index in [1.807, 2.05) is 12.1 Å². The molecule has 0 spiro atoms. The predicted octanol–water partition coefficient (Wildman–Crippen LogP) is 2.18. The lowest BCUT2D eigenvalue weighted by Gasteiger charge is -2.02. The maximum atomic E-state index is 11.5. The van der Waals surface area contributed by atoms with Gasteiger partial charge in [-0.2, -0.15) is 0 Å². The van der Waals surface area contributed by atoms with Crippen molar-refractivity contribution in [1.29, 1.82) is 0 Å². The van der Waals surface area contributed by atoms with E-state index in [0.717, 1.165) is 24.0 Å². The van der Waals surface area contributed by atoms with Crippen LogP contribution in [0.1, 0.15) is 12.8 Å². The molecular formula is C11H10N2O2. The van der Waals surface area contributed by atoms with Gasteiger partial charge in [0.15, 0.2) is 12.0 Å². The highest BCUT2D eigenvalue weighted by molar-refractivity contribution is 5.95. The molecule has 1 aromatic carbocycles. The molecule has 0 radical (unpaired) electrons. The lowest BCUT2D eigenvalue weighted by molar-refractivity contribution is -0.117. The Morgan fingerprint density at radius 3 is 3.13 bits per heavy atom. The summed E-state index contributed by atoms with van der Waals surface area (Å²) in [5.41, 5.74) is 2.28. The maximum absolute atomic E-state index is 11.5. The molecule has 1 aliphatic carbocycles. The molecular weight excluding hydrogens is 192 g/mol. The zero-order valence-electron chi connectivity index (χ0n) is 8.06. The molecule has 0 saturated heterocycles. The highest BCUT2D eigenvalue weighted by Gasteiger charge is 2.29. The van der Waals surface area contributed by atoms with Crippen LogP contribution in [-0.2, 0) is 4.79 Å². The Bertz CT molecular complexity index is 514. The third kappa shape index (κ3) is 1.58. The van der Waals surface area contributed by atoms with Gasteiger partial charge in [0.1, 0.15) is 5.52 Å². The number of amides is 1. The van der Waals surface area contributed by atoms with E-state index in [1.165, 1.54) is 6.39 Å². The van der Waals surface area contributed by atoms with Crippen LogP contribution in [0.2, 0.25) is 0 Å². The second kappa shape index (κ2) is 3.08. The van der Waals surface area contributed by atoms with Gasteiger partial charge in [0.2, 0.25) is 5.91 Å². The Labute approximate surface area is 86.3 Å². The number of carbonyl (C=O) groups is 1. The lowest BCUT2D eigenvalue weighted by Crippen LogP contribution is -2.12. The number of carbonyl (C=O) groups excluding carboxylic acids is 1. The lowest BCUT2D eigenvalue weighted by atomic mass is 10.2. The summed E-state index contributed by atoms with van der Waals surface area (Å²) in [6, 6.07) is 5.47. The Kier molecular flexibility index (Phi) is 1.74. The van der Waals surface area contributed by atoms with Crippen LogP contribution in [0.15, 0.2) is 29.0 Å². The quantitative estimate of drug-likeness (QED) is 0.811. The van der Waals surface area contributed by atoms with Crippen LogP contribution >= 0.6 is 0 Å². The highest BCUT2D eigenvalue weighted by Crippen LogP contribution is 2.30. The first-order valence-corrected chi connectivity index (χ1v) is 4.97. The monoisotopic (exact) mass is 202 g/mol. The fourth-order valence-corrected chi connectivity index (χ4v) is 1.52. The molecule has 1 heterocycles. The molecule has 1 amide bonds. The van der Waals surface area contributed by atoms with Gasteiger partial charge in [0.25, 0.3) is 0 Å². The molecule has 2 aromatic rings. The molecule has 1 fully saturated rings. The molecule has 76 valence electrons. The summed E-state index contributed by atoms with van der Waals surface area (Å²) in [5, 5.41) is 2.86. The van der Waals surface area contributed by atoms with Gasteiger partial charge in [-0.15, -0.1) is 0 Å². The summed E-state index contributed by atoms with van der Waals surface area (Å²) in [6.07, 6.45) is 3.42. The molecule has 1 saturated carbocycles. The van der Waals surface area contributed by atoms with Gasteiger partial charge >= 0.3 is 0 Å². The van der Waals surface area contributed by atoms with E-state index in [2.05, 4.69) is 10.3 Å². The van der Waals surface area contributed by atoms with Crippen molar-refractivity contribution in [3.63, 3.8) is 0 Å². The average molecular weight is 202 g/mol. The third-order valence-corrected chi connectivity index (χ3v) is 2.55. The van der Waals surface area contributed by atoms with Crippen molar-refractivity contribution in [3.05, 3.63) is 24.6 Å². The zero-order chi connectivity index (χ0) is 10.3. The molecule has 15 heavy (non-hydrogen) atoms. The minimum Gasteiger partial charge on any atom is -0.443 e. The van der Waals surface area contributed by atoms with Crippen molar-refractivity contribution < 1.29 is 9.21 Å².